The molecule has 136 valence electrons. The standard InChI is InChI=1S/C20H22FN3O2/c1-22-18-8-4-7-16(23-18)17-13-24(11-12-26-17)19(25)20(9-10-20)14-5-2-3-6-15(14)21/h2-8,17H,9-13H2,1H3,(H,22,23)/t17-/m1/s1. The number of nitrogens with one attached hydrogen (secondary N) is 1. The van der Waals surface area contributed by atoms with Crippen LogP contribution in [0.15, 0.2) is 42.5 Å². The Balaban J connectivity index is 1.54. The molecule has 1 aromatic carbocycles. The number of amides is 1. The molecule has 1 aliphatic carbocycles. The minimum atomic E-state index is -0.701. The second-order valence-corrected chi connectivity index (χ2v) is 6.87. The van der Waals surface area contributed by atoms with Gasteiger partial charge in [0.25, 0.3) is 0 Å². The topological polar surface area (TPSA) is 54.5 Å². The normalized spacial score (nSPS) is 21.3. The van der Waals surface area contributed by atoms with Crippen LogP contribution >= 0.6 is 0 Å². The van der Waals surface area contributed by atoms with Crippen LogP contribution in [-0.2, 0) is 14.9 Å². The van der Waals surface area contributed by atoms with Crippen LogP contribution < -0.4 is 5.32 Å². The van der Waals surface area contributed by atoms with Crippen molar-refractivity contribution >= 4 is 11.7 Å². The number of hydrogen-bond donors (Lipinski definition) is 1. The van der Waals surface area contributed by atoms with Gasteiger partial charge in [-0.3, -0.25) is 4.79 Å². The van der Waals surface area contributed by atoms with E-state index in [2.05, 4.69) is 10.3 Å². The van der Waals surface area contributed by atoms with Crippen LogP contribution in [0, 0.1) is 5.82 Å². The van der Waals surface area contributed by atoms with E-state index in [4.69, 9.17) is 4.74 Å². The third-order valence-corrected chi connectivity index (χ3v) is 5.26. The second kappa shape index (κ2) is 6.68. The molecule has 1 aliphatic heterocycles. The monoisotopic (exact) mass is 355 g/mol. The Labute approximate surface area is 152 Å². The van der Waals surface area contributed by atoms with Gasteiger partial charge < -0.3 is 15.0 Å². The van der Waals surface area contributed by atoms with E-state index in [1.165, 1.54) is 6.07 Å². The molecule has 1 saturated carbocycles. The molecule has 1 N–H and O–H groups in total. The Morgan fingerprint density at radius 1 is 1.27 bits per heavy atom. The molecule has 0 radical (unpaired) electrons. The lowest BCUT2D eigenvalue weighted by atomic mass is 9.93. The lowest BCUT2D eigenvalue weighted by Gasteiger charge is -2.35. The molecule has 0 bridgehead atoms. The third-order valence-electron chi connectivity index (χ3n) is 5.26. The Kier molecular flexibility index (Phi) is 4.36. The highest BCUT2D eigenvalue weighted by atomic mass is 19.1. The van der Waals surface area contributed by atoms with Crippen LogP contribution in [0.3, 0.4) is 0 Å². The van der Waals surface area contributed by atoms with Gasteiger partial charge in [0, 0.05) is 19.2 Å². The maximum Gasteiger partial charge on any atom is 0.233 e. The summed E-state index contributed by atoms with van der Waals surface area (Å²) in [6.45, 7) is 1.42. The van der Waals surface area contributed by atoms with Crippen LogP contribution in [0.2, 0.25) is 0 Å². The highest BCUT2D eigenvalue weighted by molar-refractivity contribution is 5.91. The van der Waals surface area contributed by atoms with Gasteiger partial charge in [-0.25, -0.2) is 9.37 Å². The number of aromatic nitrogens is 1. The van der Waals surface area contributed by atoms with Crippen molar-refractivity contribution in [1.29, 1.82) is 0 Å². The Morgan fingerprint density at radius 3 is 2.81 bits per heavy atom. The molecule has 5 nitrogen and oxygen atoms in total. The predicted molar refractivity (Wildman–Crippen MR) is 96.4 cm³/mol. The summed E-state index contributed by atoms with van der Waals surface area (Å²) in [5.74, 6) is 0.465. The molecule has 6 heteroatoms. The number of halogens is 1. The van der Waals surface area contributed by atoms with Crippen molar-refractivity contribution in [2.45, 2.75) is 24.4 Å². The van der Waals surface area contributed by atoms with Crippen molar-refractivity contribution in [3.05, 3.63) is 59.5 Å². The second-order valence-electron chi connectivity index (χ2n) is 6.87. The van der Waals surface area contributed by atoms with E-state index in [-0.39, 0.29) is 17.8 Å². The molecule has 4 rings (SSSR count). The van der Waals surface area contributed by atoms with Gasteiger partial charge in [0.15, 0.2) is 0 Å². The Morgan fingerprint density at radius 2 is 2.08 bits per heavy atom. The zero-order valence-corrected chi connectivity index (χ0v) is 14.7. The van der Waals surface area contributed by atoms with Gasteiger partial charge >= 0.3 is 0 Å². The number of nitrogens with zero attached hydrogens (tertiary/aromatic N) is 2. The van der Waals surface area contributed by atoms with Crippen LogP contribution in [0.25, 0.3) is 0 Å². The summed E-state index contributed by atoms with van der Waals surface area (Å²) in [6, 6.07) is 12.3. The number of anilines is 1. The number of rotatable bonds is 4. The van der Waals surface area contributed by atoms with Gasteiger partial charge in [-0.1, -0.05) is 24.3 Å². The molecule has 2 aromatic rings. The first-order valence-electron chi connectivity index (χ1n) is 8.95. The smallest absolute Gasteiger partial charge is 0.233 e. The summed E-state index contributed by atoms with van der Waals surface area (Å²) in [4.78, 5) is 19.5. The van der Waals surface area contributed by atoms with E-state index in [0.29, 0.717) is 38.1 Å². The molecule has 26 heavy (non-hydrogen) atoms. The lowest BCUT2D eigenvalue weighted by Crippen LogP contribution is -2.47. The Hall–Kier alpha value is -2.47. The SMILES string of the molecule is CNc1cccc([C@H]2CN(C(=O)C3(c4ccccc4F)CC3)CCO2)n1. The van der Waals surface area contributed by atoms with E-state index in [1.807, 2.05) is 25.2 Å². The van der Waals surface area contributed by atoms with Crippen molar-refractivity contribution in [2.24, 2.45) is 0 Å². The van der Waals surface area contributed by atoms with E-state index < -0.39 is 5.41 Å². The van der Waals surface area contributed by atoms with Gasteiger partial charge in [0.05, 0.1) is 24.3 Å². The fourth-order valence-corrected chi connectivity index (χ4v) is 3.66. The van der Waals surface area contributed by atoms with Crippen LogP contribution in [-0.4, -0.2) is 42.5 Å². The van der Waals surface area contributed by atoms with Crippen molar-refractivity contribution in [3.8, 4) is 0 Å². The molecule has 1 atom stereocenters. The number of ether oxygens (including phenoxy) is 1. The molecule has 0 unspecified atom stereocenters. The maximum atomic E-state index is 14.3. The molecule has 1 amide bonds. The predicted octanol–water partition coefficient (Wildman–Crippen LogP) is 2.89. The minimum absolute atomic E-state index is 0.000621. The van der Waals surface area contributed by atoms with Gasteiger partial charge in [-0.2, -0.15) is 0 Å². The third kappa shape index (κ3) is 2.94. The summed E-state index contributed by atoms with van der Waals surface area (Å²) in [7, 11) is 1.81. The van der Waals surface area contributed by atoms with E-state index >= 15 is 0 Å². The quantitative estimate of drug-likeness (QED) is 0.916. The fourth-order valence-electron chi connectivity index (χ4n) is 3.66. The first-order chi connectivity index (χ1) is 12.6. The Bertz CT molecular complexity index is 822. The van der Waals surface area contributed by atoms with E-state index in [0.717, 1.165) is 11.5 Å². The number of morpholine rings is 1. The average molecular weight is 355 g/mol. The largest absolute Gasteiger partial charge is 0.373 e. The zero-order valence-electron chi connectivity index (χ0n) is 14.7. The van der Waals surface area contributed by atoms with E-state index in [1.54, 1.807) is 23.1 Å². The summed E-state index contributed by atoms with van der Waals surface area (Å²) < 4.78 is 20.1. The highest BCUT2D eigenvalue weighted by Crippen LogP contribution is 2.50. The zero-order chi connectivity index (χ0) is 18.1. The summed E-state index contributed by atoms with van der Waals surface area (Å²) >= 11 is 0. The van der Waals surface area contributed by atoms with Crippen LogP contribution in [0.1, 0.15) is 30.2 Å². The minimum Gasteiger partial charge on any atom is -0.373 e. The number of benzene rings is 1. The van der Waals surface area contributed by atoms with Gasteiger partial charge in [-0.15, -0.1) is 0 Å². The van der Waals surface area contributed by atoms with Crippen LogP contribution in [0.5, 0.6) is 0 Å². The number of hydrogen-bond acceptors (Lipinski definition) is 4. The first-order valence-corrected chi connectivity index (χ1v) is 8.95. The molecule has 2 fully saturated rings. The average Bonchev–Trinajstić information content (AvgIpc) is 3.49. The molecular weight excluding hydrogens is 333 g/mol. The summed E-state index contributed by atoms with van der Waals surface area (Å²) in [5.41, 5.74) is 0.612. The van der Waals surface area contributed by atoms with Crippen molar-refractivity contribution in [3.63, 3.8) is 0 Å². The first kappa shape index (κ1) is 17.0. The number of carbonyl (C=O) groups is 1. The molecular formula is C20H22FN3O2. The van der Waals surface area contributed by atoms with Crippen LogP contribution in [0.4, 0.5) is 10.2 Å². The lowest BCUT2D eigenvalue weighted by molar-refractivity contribution is -0.142. The summed E-state index contributed by atoms with van der Waals surface area (Å²) in [6.07, 6.45) is 1.13. The maximum absolute atomic E-state index is 14.3. The van der Waals surface area contributed by atoms with Gasteiger partial charge in [0.1, 0.15) is 17.7 Å². The molecule has 2 aliphatic rings. The van der Waals surface area contributed by atoms with Crippen molar-refractivity contribution < 1.29 is 13.9 Å². The molecule has 1 aromatic heterocycles. The highest BCUT2D eigenvalue weighted by Gasteiger charge is 2.54. The number of pyridine rings is 1. The van der Waals surface area contributed by atoms with Gasteiger partial charge in [-0.05, 0) is 31.0 Å². The van der Waals surface area contributed by atoms with E-state index in [9.17, 15) is 9.18 Å². The summed E-state index contributed by atoms with van der Waals surface area (Å²) in [5, 5.41) is 3.01. The fraction of sp³-hybridized carbons (Fsp3) is 0.400. The van der Waals surface area contributed by atoms with Gasteiger partial charge in [0.2, 0.25) is 5.91 Å². The number of carbonyl (C=O) groups excluding carboxylic acids is 1. The van der Waals surface area contributed by atoms with Crippen molar-refractivity contribution in [2.75, 3.05) is 32.1 Å². The molecule has 2 heterocycles. The van der Waals surface area contributed by atoms with Crippen molar-refractivity contribution in [1.82, 2.24) is 9.88 Å². The molecule has 1 saturated heterocycles. The molecule has 0 spiro atoms.